The molecule has 0 saturated carbocycles. The largest absolute Gasteiger partial charge is 0.494 e. The van der Waals surface area contributed by atoms with E-state index < -0.39 is 6.04 Å². The third-order valence-electron chi connectivity index (χ3n) is 4.79. The van der Waals surface area contributed by atoms with E-state index in [9.17, 15) is 9.59 Å². The van der Waals surface area contributed by atoms with Gasteiger partial charge in [-0.15, -0.1) is 0 Å². The van der Waals surface area contributed by atoms with Gasteiger partial charge in [-0.25, -0.2) is 9.69 Å². The number of hydrogen-bond donors (Lipinski definition) is 0. The molecular weight excluding hydrogens is 318 g/mol. The zero-order valence-electron chi connectivity index (χ0n) is 14.3. The highest BCUT2D eigenvalue weighted by Gasteiger charge is 2.48. The van der Waals surface area contributed by atoms with Gasteiger partial charge < -0.3 is 4.74 Å². The maximum atomic E-state index is 13.0. The Morgan fingerprint density at radius 2 is 1.92 bits per heavy atom. The van der Waals surface area contributed by atoms with Crippen molar-refractivity contribution < 1.29 is 14.3 Å². The minimum Gasteiger partial charge on any atom is -0.494 e. The number of carbonyl (C=O) groups excluding carboxylic acids is 2. The average molecular weight is 339 g/mol. The van der Waals surface area contributed by atoms with Crippen LogP contribution in [-0.2, 0) is 4.79 Å². The highest BCUT2D eigenvalue weighted by atomic mass is 16.5. The molecule has 3 aliphatic rings. The Morgan fingerprint density at radius 3 is 2.68 bits per heavy atom. The molecule has 25 heavy (non-hydrogen) atoms. The molecule has 0 spiro atoms. The summed E-state index contributed by atoms with van der Waals surface area (Å²) in [6.07, 6.45) is 6.34. The van der Waals surface area contributed by atoms with Gasteiger partial charge in [-0.3, -0.25) is 14.7 Å². The summed E-state index contributed by atoms with van der Waals surface area (Å²) in [7, 11) is 0. The fourth-order valence-corrected chi connectivity index (χ4v) is 3.56. The predicted molar refractivity (Wildman–Crippen MR) is 94.7 cm³/mol. The van der Waals surface area contributed by atoms with Crippen LogP contribution in [0.1, 0.15) is 39.0 Å². The molecule has 1 atom stereocenters. The number of allylic oxidation sites excluding steroid dienone is 2. The number of hydrogen-bond acceptors (Lipinski definition) is 4. The minimum atomic E-state index is -0.611. The van der Waals surface area contributed by atoms with Crippen molar-refractivity contribution in [3.05, 3.63) is 35.7 Å². The molecule has 3 amide bonds. The summed E-state index contributed by atoms with van der Waals surface area (Å²) >= 11 is 0. The van der Waals surface area contributed by atoms with Gasteiger partial charge in [0.05, 0.1) is 18.0 Å². The van der Waals surface area contributed by atoms with Gasteiger partial charge in [0, 0.05) is 11.9 Å². The molecule has 6 nitrogen and oxygen atoms in total. The van der Waals surface area contributed by atoms with Gasteiger partial charge in [0.15, 0.2) is 6.04 Å². The monoisotopic (exact) mass is 339 g/mol. The van der Waals surface area contributed by atoms with Gasteiger partial charge in [0.2, 0.25) is 0 Å². The van der Waals surface area contributed by atoms with Gasteiger partial charge in [0.25, 0.3) is 5.91 Å². The number of rotatable bonds is 4. The van der Waals surface area contributed by atoms with E-state index in [0.29, 0.717) is 12.3 Å². The average Bonchev–Trinajstić information content (AvgIpc) is 2.91. The number of anilines is 1. The highest BCUT2D eigenvalue weighted by molar-refractivity contribution is 6.27. The predicted octanol–water partition coefficient (Wildman–Crippen LogP) is 3.48. The number of ether oxygens (including phenoxy) is 1. The van der Waals surface area contributed by atoms with Gasteiger partial charge in [0.1, 0.15) is 5.75 Å². The molecule has 4 rings (SSSR count). The third kappa shape index (κ3) is 2.62. The Hall–Kier alpha value is -2.63. The number of carbonyl (C=O) groups is 2. The zero-order chi connectivity index (χ0) is 17.4. The number of amides is 3. The molecule has 130 valence electrons. The summed E-state index contributed by atoms with van der Waals surface area (Å²) in [6, 6.07) is 6.21. The zero-order valence-corrected chi connectivity index (χ0v) is 14.3. The van der Waals surface area contributed by atoms with E-state index in [-0.39, 0.29) is 11.9 Å². The first-order valence-electron chi connectivity index (χ1n) is 8.87. The summed E-state index contributed by atoms with van der Waals surface area (Å²) < 4.78 is 5.56. The molecule has 6 heteroatoms. The molecule has 1 aromatic carbocycles. The van der Waals surface area contributed by atoms with Crippen LogP contribution in [0.2, 0.25) is 0 Å². The van der Waals surface area contributed by atoms with Crippen LogP contribution in [0.15, 0.2) is 40.7 Å². The van der Waals surface area contributed by atoms with Gasteiger partial charge in [-0.05, 0) is 56.4 Å². The molecular formula is C19H21N3O3. The van der Waals surface area contributed by atoms with E-state index in [0.717, 1.165) is 49.2 Å². The molecule has 0 aromatic heterocycles. The second-order valence-corrected chi connectivity index (χ2v) is 6.49. The van der Waals surface area contributed by atoms with E-state index in [1.807, 2.05) is 6.92 Å². The number of nitrogens with zero attached hydrogens (tertiary/aromatic N) is 3. The maximum absolute atomic E-state index is 13.0. The lowest BCUT2D eigenvalue weighted by molar-refractivity contribution is -0.117. The first-order valence-corrected chi connectivity index (χ1v) is 8.87. The molecule has 1 aliphatic carbocycles. The maximum Gasteiger partial charge on any atom is 0.336 e. The normalized spacial score (nSPS) is 22.4. The second-order valence-electron chi connectivity index (χ2n) is 6.49. The summed E-state index contributed by atoms with van der Waals surface area (Å²) in [6.45, 7) is 2.69. The molecule has 2 aliphatic heterocycles. The fourth-order valence-electron chi connectivity index (χ4n) is 3.56. The molecule has 2 heterocycles. The molecule has 1 saturated heterocycles. The number of fused-ring (bicyclic) bond motifs is 2. The van der Waals surface area contributed by atoms with Crippen molar-refractivity contribution in [3.63, 3.8) is 0 Å². The van der Waals surface area contributed by atoms with Crippen molar-refractivity contribution in [2.75, 3.05) is 11.5 Å². The molecule has 0 N–H and O–H groups in total. The van der Waals surface area contributed by atoms with Crippen LogP contribution >= 0.6 is 0 Å². The Morgan fingerprint density at radius 1 is 1.16 bits per heavy atom. The van der Waals surface area contributed by atoms with Crippen LogP contribution in [-0.4, -0.2) is 35.7 Å². The molecule has 1 unspecified atom stereocenters. The van der Waals surface area contributed by atoms with Crippen LogP contribution in [0.5, 0.6) is 5.75 Å². The fraction of sp³-hybridized carbons (Fsp3) is 0.421. The van der Waals surface area contributed by atoms with Crippen LogP contribution in [0.3, 0.4) is 0 Å². The lowest BCUT2D eigenvalue weighted by Gasteiger charge is -2.30. The molecule has 1 fully saturated rings. The summed E-state index contributed by atoms with van der Waals surface area (Å²) in [5.74, 6) is 0.495. The van der Waals surface area contributed by atoms with Crippen LogP contribution in [0.25, 0.3) is 0 Å². The van der Waals surface area contributed by atoms with E-state index >= 15 is 0 Å². The van der Waals surface area contributed by atoms with Gasteiger partial charge >= 0.3 is 6.03 Å². The first-order chi connectivity index (χ1) is 12.2. The topological polar surface area (TPSA) is 62.2 Å². The van der Waals surface area contributed by atoms with E-state index in [1.54, 1.807) is 35.4 Å². The van der Waals surface area contributed by atoms with Crippen LogP contribution in [0.4, 0.5) is 10.5 Å². The number of urea groups is 1. The second kappa shape index (κ2) is 6.35. The first kappa shape index (κ1) is 15.9. The summed E-state index contributed by atoms with van der Waals surface area (Å²) in [4.78, 5) is 33.1. The summed E-state index contributed by atoms with van der Waals surface area (Å²) in [5.41, 5.74) is 2.44. The highest BCUT2D eigenvalue weighted by Crippen LogP contribution is 2.37. The number of benzene rings is 1. The van der Waals surface area contributed by atoms with Crippen molar-refractivity contribution >= 4 is 23.8 Å². The third-order valence-corrected chi connectivity index (χ3v) is 4.79. The Labute approximate surface area is 146 Å². The SMILES string of the molecule is CCCOc1ccc(N2C(=O)C3C=NC4=C(CCCC4)N3C2=O)cc1. The Kier molecular flexibility index (Phi) is 4.03. The van der Waals surface area contributed by atoms with Crippen molar-refractivity contribution in [2.45, 2.75) is 45.1 Å². The molecule has 0 radical (unpaired) electrons. The molecule has 0 bridgehead atoms. The van der Waals surface area contributed by atoms with Gasteiger partial charge in [-0.2, -0.15) is 0 Å². The quantitative estimate of drug-likeness (QED) is 0.789. The Balaban J connectivity index is 1.62. The van der Waals surface area contributed by atoms with Crippen LogP contribution in [0, 0.1) is 0 Å². The van der Waals surface area contributed by atoms with Crippen LogP contribution < -0.4 is 9.64 Å². The van der Waals surface area contributed by atoms with E-state index in [2.05, 4.69) is 4.99 Å². The van der Waals surface area contributed by atoms with E-state index in [1.165, 1.54) is 4.90 Å². The lowest BCUT2D eigenvalue weighted by atomic mass is 9.98. The standard InChI is InChI=1S/C19H21N3O3/c1-2-11-25-14-9-7-13(8-10-14)21-18(23)17-12-20-15-5-3-4-6-16(15)22(17)19(21)24/h7-10,12,17H,2-6,11H2,1H3. The molecule has 1 aromatic rings. The number of aliphatic imine (C=N–C) groups is 1. The Bertz CT molecular complexity index is 767. The minimum absolute atomic E-state index is 0.242. The summed E-state index contributed by atoms with van der Waals surface area (Å²) in [5, 5.41) is 0. The van der Waals surface area contributed by atoms with Crippen molar-refractivity contribution in [3.8, 4) is 5.75 Å². The smallest absolute Gasteiger partial charge is 0.336 e. The lowest BCUT2D eigenvalue weighted by Crippen LogP contribution is -2.39. The van der Waals surface area contributed by atoms with Gasteiger partial charge in [-0.1, -0.05) is 6.92 Å². The van der Waals surface area contributed by atoms with E-state index in [4.69, 9.17) is 4.74 Å². The number of imide groups is 1. The van der Waals surface area contributed by atoms with Crippen molar-refractivity contribution in [1.82, 2.24) is 4.90 Å². The van der Waals surface area contributed by atoms with Crippen molar-refractivity contribution in [2.24, 2.45) is 4.99 Å². The van der Waals surface area contributed by atoms with Crippen molar-refractivity contribution in [1.29, 1.82) is 0 Å².